The molecule has 3 unspecified atom stereocenters. The number of carbonyl (C=O) groups is 2. The fraction of sp³-hybridized carbons (Fsp3) is 0.900. The normalized spacial score (nSPS) is 14.1. The molecule has 0 aromatic heterocycles. The number of hydrogen-bond acceptors (Lipinski definition) is 8. The number of esters is 1. The molecule has 0 saturated heterocycles. The van der Waals surface area contributed by atoms with Crippen LogP contribution < -0.4 is 5.73 Å². The highest BCUT2D eigenvalue weighted by atomic mass is 31.2. The van der Waals surface area contributed by atoms with Crippen molar-refractivity contribution in [2.75, 3.05) is 26.4 Å². The van der Waals surface area contributed by atoms with Gasteiger partial charge in [0.05, 0.1) is 19.8 Å². The molecule has 0 spiro atoms. The first-order chi connectivity index (χ1) is 24.7. The molecule has 0 amide bonds. The zero-order chi connectivity index (χ0) is 37.7. The van der Waals surface area contributed by atoms with E-state index in [0.29, 0.717) is 6.61 Å². The smallest absolute Gasteiger partial charge is 0.472 e. The molecule has 10 nitrogen and oxygen atoms in total. The lowest BCUT2D eigenvalue weighted by molar-refractivity contribution is -0.154. The van der Waals surface area contributed by atoms with Gasteiger partial charge in [0.15, 0.2) is 0 Å². The van der Waals surface area contributed by atoms with Gasteiger partial charge < -0.3 is 25.2 Å². The second kappa shape index (κ2) is 37.0. The van der Waals surface area contributed by atoms with Crippen molar-refractivity contribution in [2.24, 2.45) is 5.73 Å². The number of unbranched alkanes of at least 4 members (excludes halogenated alkanes) is 24. The molecule has 0 saturated carbocycles. The van der Waals surface area contributed by atoms with Crippen molar-refractivity contribution in [3.8, 4) is 0 Å². The van der Waals surface area contributed by atoms with Gasteiger partial charge in [0.25, 0.3) is 0 Å². The first kappa shape index (κ1) is 49.7. The fourth-order valence-corrected chi connectivity index (χ4v) is 6.54. The predicted octanol–water partition coefficient (Wildman–Crippen LogP) is 11.0. The first-order valence-corrected chi connectivity index (χ1v) is 22.2. The standard InChI is InChI=1S/C40H78NO9P/c1-3-5-7-9-11-13-15-17-18-19-20-21-22-24-26-28-30-32-39(42)50-37(35-48-51(45,46)49-36-38(41)40(43)44)34-47-33-31-29-27-25-23-16-14-12-10-8-6-4-2/h10,12,37-38H,3-9,11,13-36,41H2,1-2H3,(H,43,44)(H,45,46)/b12-10-. The number of allylic oxidation sites excluding steroid dienone is 2. The Bertz CT molecular complexity index is 873. The van der Waals surface area contributed by atoms with Crippen LogP contribution in [0.5, 0.6) is 0 Å². The highest BCUT2D eigenvalue weighted by Crippen LogP contribution is 2.43. The minimum atomic E-state index is -4.61. The van der Waals surface area contributed by atoms with E-state index >= 15 is 0 Å². The number of carboxylic acid groups (broad SMARTS) is 1. The number of aliphatic carboxylic acids is 1. The highest BCUT2D eigenvalue weighted by Gasteiger charge is 2.27. The number of ether oxygens (including phenoxy) is 2. The lowest BCUT2D eigenvalue weighted by atomic mass is 10.0. The zero-order valence-corrected chi connectivity index (χ0v) is 33.6. The third-order valence-corrected chi connectivity index (χ3v) is 10.00. The summed E-state index contributed by atoms with van der Waals surface area (Å²) in [4.78, 5) is 33.4. The van der Waals surface area contributed by atoms with Crippen LogP contribution in [0.15, 0.2) is 12.2 Å². The molecule has 0 heterocycles. The van der Waals surface area contributed by atoms with E-state index in [9.17, 15) is 19.0 Å². The molecule has 0 aliphatic rings. The minimum Gasteiger partial charge on any atom is -0.480 e. The van der Waals surface area contributed by atoms with Gasteiger partial charge >= 0.3 is 19.8 Å². The van der Waals surface area contributed by atoms with Gasteiger partial charge in [0.2, 0.25) is 0 Å². The van der Waals surface area contributed by atoms with Crippen LogP contribution in [0.25, 0.3) is 0 Å². The maximum Gasteiger partial charge on any atom is 0.472 e. The van der Waals surface area contributed by atoms with Crippen LogP contribution in [0.3, 0.4) is 0 Å². The molecule has 0 aliphatic heterocycles. The summed E-state index contributed by atoms with van der Waals surface area (Å²) in [5, 5.41) is 8.87. The van der Waals surface area contributed by atoms with Gasteiger partial charge in [-0.2, -0.15) is 0 Å². The lowest BCUT2D eigenvalue weighted by Gasteiger charge is -2.20. The van der Waals surface area contributed by atoms with E-state index < -0.39 is 45.1 Å². The summed E-state index contributed by atoms with van der Waals surface area (Å²) in [7, 11) is -4.61. The molecular weight excluding hydrogens is 669 g/mol. The van der Waals surface area contributed by atoms with Crippen LogP contribution in [0.1, 0.15) is 194 Å². The van der Waals surface area contributed by atoms with E-state index in [4.69, 9.17) is 29.4 Å². The monoisotopic (exact) mass is 748 g/mol. The van der Waals surface area contributed by atoms with Crippen LogP contribution in [0, 0.1) is 0 Å². The molecule has 302 valence electrons. The number of carboxylic acids is 1. The average Bonchev–Trinajstić information content (AvgIpc) is 3.10. The van der Waals surface area contributed by atoms with Gasteiger partial charge in [-0.05, 0) is 32.1 Å². The summed E-state index contributed by atoms with van der Waals surface area (Å²) >= 11 is 0. The van der Waals surface area contributed by atoms with E-state index in [0.717, 1.165) is 44.9 Å². The molecule has 11 heteroatoms. The summed E-state index contributed by atoms with van der Waals surface area (Å²) in [6.07, 6.45) is 36.9. The minimum absolute atomic E-state index is 0.0177. The van der Waals surface area contributed by atoms with E-state index in [1.807, 2.05) is 0 Å². The summed E-state index contributed by atoms with van der Waals surface area (Å²) in [5.74, 6) is -1.77. The lowest BCUT2D eigenvalue weighted by Crippen LogP contribution is -2.34. The van der Waals surface area contributed by atoms with Gasteiger partial charge in [0, 0.05) is 13.0 Å². The average molecular weight is 748 g/mol. The number of carbonyl (C=O) groups excluding carboxylic acids is 1. The van der Waals surface area contributed by atoms with Crippen molar-refractivity contribution < 1.29 is 42.7 Å². The summed E-state index contributed by atoms with van der Waals surface area (Å²) in [6, 6.07) is -1.47. The molecule has 0 rings (SSSR count). The van der Waals surface area contributed by atoms with Gasteiger partial charge in [-0.15, -0.1) is 0 Å². The molecule has 0 fully saturated rings. The maximum absolute atomic E-state index is 12.6. The van der Waals surface area contributed by atoms with Crippen molar-refractivity contribution in [3.05, 3.63) is 12.2 Å². The number of hydrogen-bond donors (Lipinski definition) is 3. The number of nitrogens with two attached hydrogens (primary N) is 1. The number of phosphoric acid groups is 1. The van der Waals surface area contributed by atoms with Crippen molar-refractivity contribution in [2.45, 2.75) is 206 Å². The maximum atomic E-state index is 12.6. The van der Waals surface area contributed by atoms with Crippen molar-refractivity contribution in [1.82, 2.24) is 0 Å². The molecule has 0 aromatic rings. The molecule has 0 bridgehead atoms. The second-order valence-electron chi connectivity index (χ2n) is 14.1. The van der Waals surface area contributed by atoms with Gasteiger partial charge in [-0.1, -0.05) is 167 Å². The zero-order valence-electron chi connectivity index (χ0n) is 32.7. The van der Waals surface area contributed by atoms with Gasteiger partial charge in [0.1, 0.15) is 12.1 Å². The van der Waals surface area contributed by atoms with Crippen LogP contribution in [0.4, 0.5) is 0 Å². The Labute approximate surface area is 312 Å². The number of phosphoric ester groups is 1. The Morgan fingerprint density at radius 1 is 0.608 bits per heavy atom. The Balaban J connectivity index is 4.22. The van der Waals surface area contributed by atoms with Gasteiger partial charge in [-0.25, -0.2) is 4.57 Å². The Hall–Kier alpha value is -1.29. The number of rotatable bonds is 40. The molecule has 51 heavy (non-hydrogen) atoms. The Kier molecular flexibility index (Phi) is 36.1. The third kappa shape index (κ3) is 36.8. The second-order valence-corrected chi connectivity index (χ2v) is 15.6. The molecular formula is C40H78NO9P. The summed E-state index contributed by atoms with van der Waals surface area (Å²) in [6.45, 7) is 3.85. The van der Waals surface area contributed by atoms with Gasteiger partial charge in [-0.3, -0.25) is 18.6 Å². The Morgan fingerprint density at radius 2 is 1.04 bits per heavy atom. The van der Waals surface area contributed by atoms with Crippen molar-refractivity contribution in [1.29, 1.82) is 0 Å². The predicted molar refractivity (Wildman–Crippen MR) is 208 cm³/mol. The summed E-state index contributed by atoms with van der Waals surface area (Å²) in [5.41, 5.74) is 5.34. The molecule has 0 aromatic carbocycles. The van der Waals surface area contributed by atoms with E-state index in [1.165, 1.54) is 128 Å². The SMILES string of the molecule is CCCC/C=C\CCCCCCCCOCC(COP(=O)(O)OCC(N)C(=O)O)OC(=O)CCCCCCCCCCCCCCCCCCC. The van der Waals surface area contributed by atoms with E-state index in [2.05, 4.69) is 26.0 Å². The van der Waals surface area contributed by atoms with E-state index in [-0.39, 0.29) is 13.0 Å². The molecule has 0 aliphatic carbocycles. The van der Waals surface area contributed by atoms with Crippen molar-refractivity contribution >= 4 is 19.8 Å². The van der Waals surface area contributed by atoms with Crippen LogP contribution in [0.2, 0.25) is 0 Å². The molecule has 4 N–H and O–H groups in total. The molecule has 0 radical (unpaired) electrons. The van der Waals surface area contributed by atoms with Crippen LogP contribution in [-0.2, 0) is 32.7 Å². The van der Waals surface area contributed by atoms with Crippen LogP contribution >= 0.6 is 7.82 Å². The van der Waals surface area contributed by atoms with Crippen molar-refractivity contribution in [3.63, 3.8) is 0 Å². The highest BCUT2D eigenvalue weighted by molar-refractivity contribution is 7.47. The topological polar surface area (TPSA) is 155 Å². The summed E-state index contributed by atoms with van der Waals surface area (Å²) < 4.78 is 33.3. The largest absolute Gasteiger partial charge is 0.480 e. The van der Waals surface area contributed by atoms with E-state index in [1.54, 1.807) is 0 Å². The Morgan fingerprint density at radius 3 is 1.55 bits per heavy atom. The van der Waals surface area contributed by atoms with Crippen LogP contribution in [-0.4, -0.2) is 60.5 Å². The third-order valence-electron chi connectivity index (χ3n) is 9.04. The molecule has 3 atom stereocenters. The first-order valence-electron chi connectivity index (χ1n) is 20.7. The quantitative estimate of drug-likeness (QED) is 0.0239. The fourth-order valence-electron chi connectivity index (χ4n) is 5.76.